The zero-order chi connectivity index (χ0) is 14.1. The van der Waals surface area contributed by atoms with Crippen molar-refractivity contribution in [2.45, 2.75) is 26.2 Å². The van der Waals surface area contributed by atoms with E-state index in [1.165, 1.54) is 18.9 Å². The molecular weight excluding hydrogens is 259 g/mol. The Morgan fingerprint density at radius 3 is 3.10 bits per heavy atom. The van der Waals surface area contributed by atoms with Gasteiger partial charge < -0.3 is 5.32 Å². The van der Waals surface area contributed by atoms with Crippen molar-refractivity contribution in [2.75, 3.05) is 5.32 Å². The topological polar surface area (TPSA) is 70.7 Å². The molecule has 0 spiro atoms. The first-order valence-corrected chi connectivity index (χ1v) is 6.59. The van der Waals surface area contributed by atoms with Gasteiger partial charge in [0.25, 0.3) is 5.91 Å². The normalized spacial score (nSPS) is 14.3. The van der Waals surface area contributed by atoms with Crippen molar-refractivity contribution in [3.63, 3.8) is 0 Å². The maximum atomic E-state index is 13.6. The summed E-state index contributed by atoms with van der Waals surface area (Å²) in [5.41, 5.74) is 1.54. The number of nitrogens with one attached hydrogen (secondary N) is 2. The number of amides is 1. The number of H-pyrrole nitrogens is 1. The van der Waals surface area contributed by atoms with Crippen LogP contribution in [-0.2, 0) is 6.42 Å². The molecule has 2 aromatic heterocycles. The lowest BCUT2D eigenvalue weighted by molar-refractivity contribution is 0.102. The molecule has 5 nitrogen and oxygen atoms in total. The Balaban J connectivity index is 1.78. The number of carbonyl (C=O) groups excluding carboxylic acids is 1. The molecule has 1 amide bonds. The van der Waals surface area contributed by atoms with E-state index in [0.29, 0.717) is 17.4 Å². The van der Waals surface area contributed by atoms with Gasteiger partial charge in [-0.3, -0.25) is 14.9 Å². The van der Waals surface area contributed by atoms with Crippen molar-refractivity contribution in [3.05, 3.63) is 41.1 Å². The van der Waals surface area contributed by atoms with Crippen molar-refractivity contribution in [1.82, 2.24) is 15.2 Å². The minimum absolute atomic E-state index is 0.0159. The Kier molecular flexibility index (Phi) is 3.22. The van der Waals surface area contributed by atoms with Crippen molar-refractivity contribution in [2.24, 2.45) is 5.92 Å². The quantitative estimate of drug-likeness (QED) is 0.899. The first kappa shape index (κ1) is 12.8. The van der Waals surface area contributed by atoms with E-state index < -0.39 is 11.7 Å². The van der Waals surface area contributed by atoms with Crippen molar-refractivity contribution < 1.29 is 9.18 Å². The van der Waals surface area contributed by atoms with Gasteiger partial charge in [0.1, 0.15) is 0 Å². The van der Waals surface area contributed by atoms with Gasteiger partial charge in [0.05, 0.1) is 11.8 Å². The van der Waals surface area contributed by atoms with Crippen LogP contribution in [-0.4, -0.2) is 21.1 Å². The molecule has 6 heteroatoms. The van der Waals surface area contributed by atoms with Gasteiger partial charge in [-0.2, -0.15) is 5.10 Å². The molecule has 1 fully saturated rings. The lowest BCUT2D eigenvalue weighted by atomic mass is 10.1. The van der Waals surface area contributed by atoms with Crippen molar-refractivity contribution in [3.8, 4) is 0 Å². The fraction of sp³-hybridized carbons (Fsp3) is 0.357. The minimum atomic E-state index is -0.632. The monoisotopic (exact) mass is 274 g/mol. The third-order valence-electron chi connectivity index (χ3n) is 3.39. The summed E-state index contributed by atoms with van der Waals surface area (Å²) < 4.78 is 13.6. The predicted octanol–water partition coefficient (Wildman–Crippen LogP) is 2.46. The standard InChI is InChI=1S/C14H15FN4O/c1-8-4-11(12(15)7-16-8)14(20)18-13-10(6-17-19-13)5-9-2-3-9/h4,6-7,9H,2-3,5H2,1H3,(H2,17,18,19,20). The van der Waals surface area contributed by atoms with Crippen LogP contribution < -0.4 is 5.32 Å². The second kappa shape index (κ2) is 5.03. The largest absolute Gasteiger partial charge is 0.305 e. The van der Waals surface area contributed by atoms with Crippen LogP contribution in [0.15, 0.2) is 18.5 Å². The van der Waals surface area contributed by atoms with E-state index in [-0.39, 0.29) is 5.56 Å². The average molecular weight is 274 g/mol. The number of aromatic nitrogens is 3. The van der Waals surface area contributed by atoms with Gasteiger partial charge in [0.15, 0.2) is 11.6 Å². The molecule has 1 aliphatic rings. The number of nitrogens with zero attached hydrogens (tertiary/aromatic N) is 2. The van der Waals surface area contributed by atoms with E-state index in [1.807, 2.05) is 0 Å². The predicted molar refractivity (Wildman–Crippen MR) is 71.9 cm³/mol. The number of anilines is 1. The van der Waals surface area contributed by atoms with E-state index in [9.17, 15) is 9.18 Å². The van der Waals surface area contributed by atoms with Gasteiger partial charge in [-0.1, -0.05) is 0 Å². The molecule has 3 rings (SSSR count). The van der Waals surface area contributed by atoms with E-state index in [4.69, 9.17) is 0 Å². The highest BCUT2D eigenvalue weighted by Crippen LogP contribution is 2.34. The summed E-state index contributed by atoms with van der Waals surface area (Å²) in [6.45, 7) is 1.71. The van der Waals surface area contributed by atoms with Crippen LogP contribution in [0.3, 0.4) is 0 Å². The molecule has 2 aromatic rings. The van der Waals surface area contributed by atoms with Crippen LogP contribution in [0.4, 0.5) is 10.2 Å². The Morgan fingerprint density at radius 1 is 1.55 bits per heavy atom. The zero-order valence-electron chi connectivity index (χ0n) is 11.1. The molecule has 0 bridgehead atoms. The molecule has 2 heterocycles. The Bertz CT molecular complexity index is 648. The Labute approximate surface area is 115 Å². The van der Waals surface area contributed by atoms with E-state index in [0.717, 1.165) is 18.2 Å². The van der Waals surface area contributed by atoms with E-state index >= 15 is 0 Å². The number of halogens is 1. The second-order valence-electron chi connectivity index (χ2n) is 5.17. The molecule has 0 unspecified atom stereocenters. The lowest BCUT2D eigenvalue weighted by Gasteiger charge is -2.06. The molecule has 0 saturated heterocycles. The van der Waals surface area contributed by atoms with E-state index in [2.05, 4.69) is 20.5 Å². The maximum Gasteiger partial charge on any atom is 0.259 e. The van der Waals surface area contributed by atoms with Gasteiger partial charge in [-0.25, -0.2) is 4.39 Å². The Hall–Kier alpha value is -2.24. The number of aromatic amines is 1. The molecule has 0 atom stereocenters. The summed E-state index contributed by atoms with van der Waals surface area (Å²) in [6, 6.07) is 1.43. The lowest BCUT2D eigenvalue weighted by Crippen LogP contribution is -2.15. The second-order valence-corrected chi connectivity index (χ2v) is 5.17. The van der Waals surface area contributed by atoms with Crippen LogP contribution in [0.5, 0.6) is 0 Å². The van der Waals surface area contributed by atoms with Crippen LogP contribution in [0, 0.1) is 18.7 Å². The highest BCUT2D eigenvalue weighted by atomic mass is 19.1. The SMILES string of the molecule is Cc1cc(C(=O)Nc2n[nH]cc2CC2CC2)c(F)cn1. The number of carbonyl (C=O) groups is 1. The van der Waals surface area contributed by atoms with Gasteiger partial charge in [-0.05, 0) is 38.2 Å². The smallest absolute Gasteiger partial charge is 0.259 e. The fourth-order valence-corrected chi connectivity index (χ4v) is 2.10. The molecule has 0 radical (unpaired) electrons. The number of rotatable bonds is 4. The number of hydrogen-bond donors (Lipinski definition) is 2. The summed E-state index contributed by atoms with van der Waals surface area (Å²) >= 11 is 0. The van der Waals surface area contributed by atoms with Crippen LogP contribution in [0.25, 0.3) is 0 Å². The first-order valence-electron chi connectivity index (χ1n) is 6.59. The third-order valence-corrected chi connectivity index (χ3v) is 3.39. The molecule has 0 aliphatic heterocycles. The van der Waals surface area contributed by atoms with Crippen molar-refractivity contribution >= 4 is 11.7 Å². The molecule has 1 saturated carbocycles. The van der Waals surface area contributed by atoms with Gasteiger partial charge in [-0.15, -0.1) is 0 Å². The van der Waals surface area contributed by atoms with Gasteiger partial charge in [0, 0.05) is 17.5 Å². The number of aryl methyl sites for hydroxylation is 1. The number of pyridine rings is 1. The average Bonchev–Trinajstić information content (AvgIpc) is 3.13. The summed E-state index contributed by atoms with van der Waals surface area (Å²) in [6.07, 6.45) is 6.17. The van der Waals surface area contributed by atoms with E-state index in [1.54, 1.807) is 13.1 Å². The molecule has 20 heavy (non-hydrogen) atoms. The van der Waals surface area contributed by atoms with Crippen molar-refractivity contribution in [1.29, 1.82) is 0 Å². The molecule has 1 aliphatic carbocycles. The highest BCUT2D eigenvalue weighted by molar-refractivity contribution is 6.04. The van der Waals surface area contributed by atoms with Gasteiger partial charge >= 0.3 is 0 Å². The van der Waals surface area contributed by atoms with Gasteiger partial charge in [0.2, 0.25) is 0 Å². The Morgan fingerprint density at radius 2 is 2.35 bits per heavy atom. The third kappa shape index (κ3) is 2.68. The minimum Gasteiger partial charge on any atom is -0.305 e. The summed E-state index contributed by atoms with van der Waals surface area (Å²) in [5.74, 6) is 0.0310. The van der Waals surface area contributed by atoms with Crippen LogP contribution in [0.2, 0.25) is 0 Å². The molecule has 104 valence electrons. The maximum absolute atomic E-state index is 13.6. The first-order chi connectivity index (χ1) is 9.63. The zero-order valence-corrected chi connectivity index (χ0v) is 11.1. The number of hydrogen-bond acceptors (Lipinski definition) is 3. The summed E-state index contributed by atoms with van der Waals surface area (Å²) in [7, 11) is 0. The molecule has 0 aromatic carbocycles. The summed E-state index contributed by atoms with van der Waals surface area (Å²) in [5, 5.41) is 9.42. The molecular formula is C14H15FN4O. The fourth-order valence-electron chi connectivity index (χ4n) is 2.10. The molecule has 2 N–H and O–H groups in total. The summed E-state index contributed by atoms with van der Waals surface area (Å²) in [4.78, 5) is 15.9. The van der Waals surface area contributed by atoms with Crippen LogP contribution in [0.1, 0.15) is 34.5 Å². The highest BCUT2D eigenvalue weighted by Gasteiger charge is 2.24. The van der Waals surface area contributed by atoms with Crippen LogP contribution >= 0.6 is 0 Å².